The van der Waals surface area contributed by atoms with Crippen LogP contribution in [-0.4, -0.2) is 60.6 Å². The van der Waals surface area contributed by atoms with E-state index in [1.165, 1.54) is 12.4 Å². The number of ether oxygens (including phenoxy) is 2. The quantitative estimate of drug-likeness (QED) is 0.756. The Morgan fingerprint density at radius 3 is 2.67 bits per heavy atom. The van der Waals surface area contributed by atoms with Crippen LogP contribution in [0.15, 0.2) is 12.4 Å². The monoisotopic (exact) mass is 295 g/mol. The van der Waals surface area contributed by atoms with Gasteiger partial charge in [-0.2, -0.15) is 0 Å². The first-order valence-corrected chi connectivity index (χ1v) is 7.11. The third-order valence-electron chi connectivity index (χ3n) is 3.47. The molecule has 0 aromatic carbocycles. The largest absolute Gasteiger partial charge is 0.476 e. The number of rotatable bonds is 7. The van der Waals surface area contributed by atoms with Gasteiger partial charge in [-0.15, -0.1) is 0 Å². The molecule has 1 N–H and O–H groups in total. The summed E-state index contributed by atoms with van der Waals surface area (Å²) in [6.45, 7) is 3.14. The number of methoxy groups -OCH3 is 1. The van der Waals surface area contributed by atoms with Crippen molar-refractivity contribution in [3.05, 3.63) is 18.1 Å². The highest BCUT2D eigenvalue weighted by atomic mass is 16.5. The number of carbonyl (C=O) groups is 1. The number of carboxylic acids is 1. The number of anilines is 1. The highest BCUT2D eigenvalue weighted by Gasteiger charge is 2.21. The van der Waals surface area contributed by atoms with Gasteiger partial charge in [-0.3, -0.25) is 0 Å². The summed E-state index contributed by atoms with van der Waals surface area (Å²) in [7, 11) is 1.69. The predicted molar refractivity (Wildman–Crippen MR) is 76.7 cm³/mol. The molecule has 0 unspecified atom stereocenters. The van der Waals surface area contributed by atoms with Crippen molar-refractivity contribution >= 4 is 11.8 Å². The SMILES string of the molecule is COCCCOC1CCN(c2cnc(C(=O)O)cn2)CC1. The van der Waals surface area contributed by atoms with Crippen LogP contribution in [0.5, 0.6) is 0 Å². The van der Waals surface area contributed by atoms with Crippen LogP contribution in [0.3, 0.4) is 0 Å². The minimum atomic E-state index is -1.06. The molecule has 1 aliphatic heterocycles. The van der Waals surface area contributed by atoms with Crippen molar-refractivity contribution in [1.29, 1.82) is 0 Å². The van der Waals surface area contributed by atoms with Gasteiger partial charge >= 0.3 is 5.97 Å². The smallest absolute Gasteiger partial charge is 0.356 e. The van der Waals surface area contributed by atoms with Gasteiger partial charge in [0.05, 0.1) is 18.5 Å². The molecule has 0 spiro atoms. The van der Waals surface area contributed by atoms with Gasteiger partial charge in [0.15, 0.2) is 5.69 Å². The molecule has 116 valence electrons. The molecule has 7 heteroatoms. The third-order valence-corrected chi connectivity index (χ3v) is 3.47. The Hall–Kier alpha value is -1.73. The zero-order valence-corrected chi connectivity index (χ0v) is 12.2. The molecule has 0 saturated carbocycles. The van der Waals surface area contributed by atoms with Crippen LogP contribution in [0.4, 0.5) is 5.82 Å². The van der Waals surface area contributed by atoms with E-state index in [4.69, 9.17) is 14.6 Å². The van der Waals surface area contributed by atoms with Crippen molar-refractivity contribution in [3.63, 3.8) is 0 Å². The summed E-state index contributed by atoms with van der Waals surface area (Å²) >= 11 is 0. The number of aromatic carboxylic acids is 1. The Morgan fingerprint density at radius 2 is 2.10 bits per heavy atom. The summed E-state index contributed by atoms with van der Waals surface area (Å²) in [6, 6.07) is 0. The van der Waals surface area contributed by atoms with Gasteiger partial charge < -0.3 is 19.5 Å². The second kappa shape index (κ2) is 7.90. The lowest BCUT2D eigenvalue weighted by Crippen LogP contribution is -2.37. The molecule has 1 aromatic heterocycles. The second-order valence-corrected chi connectivity index (χ2v) is 4.97. The molecular weight excluding hydrogens is 274 g/mol. The molecule has 2 heterocycles. The summed E-state index contributed by atoms with van der Waals surface area (Å²) in [5, 5.41) is 8.80. The number of piperidine rings is 1. The Morgan fingerprint density at radius 1 is 1.33 bits per heavy atom. The average molecular weight is 295 g/mol. The minimum Gasteiger partial charge on any atom is -0.476 e. The van der Waals surface area contributed by atoms with Gasteiger partial charge in [0.25, 0.3) is 0 Å². The summed E-state index contributed by atoms with van der Waals surface area (Å²) in [6.07, 6.45) is 5.89. The third kappa shape index (κ3) is 4.64. The second-order valence-electron chi connectivity index (χ2n) is 4.97. The predicted octanol–water partition coefficient (Wildman–Crippen LogP) is 1.20. The Balaban J connectivity index is 1.76. The molecule has 1 saturated heterocycles. The number of nitrogens with zero attached hydrogens (tertiary/aromatic N) is 3. The Labute approximate surface area is 123 Å². The topological polar surface area (TPSA) is 84.8 Å². The Bertz CT molecular complexity index is 444. The standard InChI is InChI=1S/C14H21N3O4/c1-20-7-2-8-21-11-3-5-17(6-4-11)13-10-15-12(9-16-13)14(18)19/h9-11H,2-8H2,1H3,(H,18,19). The van der Waals surface area contributed by atoms with Crippen molar-refractivity contribution in [3.8, 4) is 0 Å². The van der Waals surface area contributed by atoms with Gasteiger partial charge in [0.1, 0.15) is 5.82 Å². The molecule has 0 atom stereocenters. The first kappa shape index (κ1) is 15.7. The molecule has 0 aliphatic carbocycles. The summed E-state index contributed by atoms with van der Waals surface area (Å²) in [4.78, 5) is 20.9. The van der Waals surface area contributed by atoms with Crippen LogP contribution in [0.25, 0.3) is 0 Å². The molecule has 1 aliphatic rings. The normalized spacial score (nSPS) is 16.1. The van der Waals surface area contributed by atoms with Crippen LogP contribution in [-0.2, 0) is 9.47 Å². The summed E-state index contributed by atoms with van der Waals surface area (Å²) in [5.74, 6) is -0.338. The number of carboxylic acid groups (broad SMARTS) is 1. The lowest BCUT2D eigenvalue weighted by atomic mass is 10.1. The van der Waals surface area contributed by atoms with Crippen LogP contribution < -0.4 is 4.90 Å². The van der Waals surface area contributed by atoms with E-state index in [1.54, 1.807) is 7.11 Å². The number of hydrogen-bond donors (Lipinski definition) is 1. The van der Waals surface area contributed by atoms with Crippen molar-refractivity contribution in [1.82, 2.24) is 9.97 Å². The van der Waals surface area contributed by atoms with Gasteiger partial charge in [-0.25, -0.2) is 14.8 Å². The maximum absolute atomic E-state index is 10.7. The maximum Gasteiger partial charge on any atom is 0.356 e. The van der Waals surface area contributed by atoms with Gasteiger partial charge in [-0.05, 0) is 19.3 Å². The fourth-order valence-corrected chi connectivity index (χ4v) is 2.30. The molecule has 7 nitrogen and oxygen atoms in total. The lowest BCUT2D eigenvalue weighted by molar-refractivity contribution is 0.0257. The van der Waals surface area contributed by atoms with Crippen molar-refractivity contribution in [2.45, 2.75) is 25.4 Å². The van der Waals surface area contributed by atoms with E-state index in [1.807, 2.05) is 0 Å². The number of hydrogen-bond acceptors (Lipinski definition) is 6. The summed E-state index contributed by atoms with van der Waals surface area (Å²) in [5.41, 5.74) is -0.0323. The summed E-state index contributed by atoms with van der Waals surface area (Å²) < 4.78 is 10.8. The molecule has 21 heavy (non-hydrogen) atoms. The van der Waals surface area contributed by atoms with Crippen molar-refractivity contribution in [2.75, 3.05) is 38.3 Å². The lowest BCUT2D eigenvalue weighted by Gasteiger charge is -2.32. The highest BCUT2D eigenvalue weighted by molar-refractivity contribution is 5.84. The molecule has 0 bridgehead atoms. The Kier molecular flexibility index (Phi) is 5.89. The molecule has 1 fully saturated rings. The molecule has 0 radical (unpaired) electrons. The molecule has 1 aromatic rings. The van der Waals surface area contributed by atoms with Crippen LogP contribution in [0, 0.1) is 0 Å². The average Bonchev–Trinajstić information content (AvgIpc) is 2.52. The fraction of sp³-hybridized carbons (Fsp3) is 0.643. The highest BCUT2D eigenvalue weighted by Crippen LogP contribution is 2.19. The fourth-order valence-electron chi connectivity index (χ4n) is 2.30. The van der Waals surface area contributed by atoms with Gasteiger partial charge in [0.2, 0.25) is 0 Å². The van der Waals surface area contributed by atoms with Crippen LogP contribution in [0.1, 0.15) is 29.8 Å². The maximum atomic E-state index is 10.7. The first-order valence-electron chi connectivity index (χ1n) is 7.11. The van der Waals surface area contributed by atoms with E-state index in [2.05, 4.69) is 14.9 Å². The van der Waals surface area contributed by atoms with E-state index < -0.39 is 5.97 Å². The molecular formula is C14H21N3O4. The van der Waals surface area contributed by atoms with Crippen molar-refractivity contribution < 1.29 is 19.4 Å². The van der Waals surface area contributed by atoms with E-state index >= 15 is 0 Å². The molecule has 2 rings (SSSR count). The zero-order valence-electron chi connectivity index (χ0n) is 12.2. The van der Waals surface area contributed by atoms with E-state index in [0.29, 0.717) is 0 Å². The van der Waals surface area contributed by atoms with E-state index in [0.717, 1.165) is 51.4 Å². The van der Waals surface area contributed by atoms with Crippen molar-refractivity contribution in [2.24, 2.45) is 0 Å². The molecule has 0 amide bonds. The van der Waals surface area contributed by atoms with Crippen LogP contribution in [0.2, 0.25) is 0 Å². The zero-order chi connectivity index (χ0) is 15.1. The van der Waals surface area contributed by atoms with Gasteiger partial charge in [-0.1, -0.05) is 0 Å². The first-order chi connectivity index (χ1) is 10.2. The minimum absolute atomic E-state index is 0.0323. The van der Waals surface area contributed by atoms with Crippen LogP contribution >= 0.6 is 0 Å². The number of aromatic nitrogens is 2. The van der Waals surface area contributed by atoms with Gasteiger partial charge in [0, 0.05) is 33.4 Å². The van der Waals surface area contributed by atoms with E-state index in [-0.39, 0.29) is 11.8 Å². The van der Waals surface area contributed by atoms with E-state index in [9.17, 15) is 4.79 Å².